The van der Waals surface area contributed by atoms with Gasteiger partial charge in [-0.1, -0.05) is 95.2 Å². The average Bonchev–Trinajstić information content (AvgIpc) is 3.31. The van der Waals surface area contributed by atoms with Gasteiger partial charge < -0.3 is 9.67 Å². The number of thiazole rings is 1. The SMILES string of the molecule is O=C(O)c1cn(Cc2ccccc2-c2ccccc2)c2sc(CS(=O)(=O)Cc3ccc(Cl)cc3Cl)nc2c1=O. The Morgan fingerprint density at radius 3 is 2.38 bits per heavy atom. The van der Waals surface area contributed by atoms with Gasteiger partial charge in [-0.25, -0.2) is 18.2 Å². The first-order chi connectivity index (χ1) is 18.6. The average molecular weight is 600 g/mol. The molecule has 0 saturated heterocycles. The Morgan fingerprint density at radius 1 is 0.949 bits per heavy atom. The van der Waals surface area contributed by atoms with E-state index >= 15 is 0 Å². The minimum absolute atomic E-state index is 0.0770. The quantitative estimate of drug-likeness (QED) is 0.225. The molecule has 2 aromatic heterocycles. The number of carboxylic acids is 1. The Labute approximate surface area is 237 Å². The summed E-state index contributed by atoms with van der Waals surface area (Å²) >= 11 is 13.1. The van der Waals surface area contributed by atoms with Crippen LogP contribution in [0.1, 0.15) is 26.5 Å². The van der Waals surface area contributed by atoms with Gasteiger partial charge in [-0.15, -0.1) is 0 Å². The summed E-state index contributed by atoms with van der Waals surface area (Å²) < 4.78 is 27.7. The lowest BCUT2D eigenvalue weighted by atomic mass is 9.99. The number of benzene rings is 3. The van der Waals surface area contributed by atoms with Gasteiger partial charge in [0.15, 0.2) is 9.84 Å². The van der Waals surface area contributed by atoms with E-state index in [1.54, 1.807) is 16.7 Å². The maximum atomic E-state index is 13.0. The molecule has 0 atom stereocenters. The summed E-state index contributed by atoms with van der Waals surface area (Å²) in [6.45, 7) is 0.247. The Bertz CT molecular complexity index is 1880. The maximum Gasteiger partial charge on any atom is 0.341 e. The molecule has 2 heterocycles. The van der Waals surface area contributed by atoms with E-state index < -0.39 is 32.6 Å². The van der Waals surface area contributed by atoms with Crippen LogP contribution in [-0.4, -0.2) is 29.0 Å². The summed E-state index contributed by atoms with van der Waals surface area (Å²) in [4.78, 5) is 29.6. The Morgan fingerprint density at radius 2 is 1.67 bits per heavy atom. The van der Waals surface area contributed by atoms with Crippen LogP contribution < -0.4 is 5.43 Å². The number of carbonyl (C=O) groups is 1. The molecular weight excluding hydrogens is 579 g/mol. The first kappa shape index (κ1) is 27.1. The zero-order valence-electron chi connectivity index (χ0n) is 20.2. The predicted molar refractivity (Wildman–Crippen MR) is 155 cm³/mol. The number of sulfone groups is 1. The van der Waals surface area contributed by atoms with E-state index in [-0.39, 0.29) is 27.8 Å². The molecule has 0 aliphatic heterocycles. The monoisotopic (exact) mass is 598 g/mol. The van der Waals surface area contributed by atoms with Crippen molar-refractivity contribution >= 4 is 60.7 Å². The molecule has 39 heavy (non-hydrogen) atoms. The molecule has 0 saturated carbocycles. The number of aromatic nitrogens is 2. The Balaban J connectivity index is 1.55. The fraction of sp³-hybridized carbons (Fsp3) is 0.107. The molecule has 0 aliphatic rings. The molecular formula is C28H20Cl2N2O5S2. The van der Waals surface area contributed by atoms with Crippen LogP contribution in [0.4, 0.5) is 0 Å². The molecule has 0 radical (unpaired) electrons. The van der Waals surface area contributed by atoms with Crippen molar-refractivity contribution in [3.8, 4) is 11.1 Å². The second kappa shape index (κ2) is 10.9. The van der Waals surface area contributed by atoms with Crippen LogP contribution in [0.2, 0.25) is 10.0 Å². The molecule has 0 aliphatic carbocycles. The van der Waals surface area contributed by atoms with Crippen molar-refractivity contribution in [1.29, 1.82) is 0 Å². The van der Waals surface area contributed by atoms with Crippen molar-refractivity contribution in [3.05, 3.63) is 121 Å². The second-order valence-electron chi connectivity index (χ2n) is 8.86. The number of carboxylic acid groups (broad SMARTS) is 1. The minimum Gasteiger partial charge on any atom is -0.477 e. The van der Waals surface area contributed by atoms with Crippen molar-refractivity contribution in [2.24, 2.45) is 0 Å². The number of halogens is 2. The third-order valence-electron chi connectivity index (χ3n) is 6.07. The number of nitrogens with zero attached hydrogens (tertiary/aromatic N) is 2. The fourth-order valence-electron chi connectivity index (χ4n) is 4.29. The summed E-state index contributed by atoms with van der Waals surface area (Å²) in [5.74, 6) is -2.16. The fourth-order valence-corrected chi connectivity index (χ4v) is 7.71. The molecule has 1 N–H and O–H groups in total. The summed E-state index contributed by atoms with van der Waals surface area (Å²) in [5.41, 5.74) is 1.96. The third kappa shape index (κ3) is 5.91. The summed E-state index contributed by atoms with van der Waals surface area (Å²) in [6, 6.07) is 22.0. The highest BCUT2D eigenvalue weighted by molar-refractivity contribution is 7.90. The highest BCUT2D eigenvalue weighted by Gasteiger charge is 2.23. The van der Waals surface area contributed by atoms with Crippen LogP contribution in [0.3, 0.4) is 0 Å². The molecule has 0 fully saturated rings. The number of rotatable bonds is 8. The highest BCUT2D eigenvalue weighted by Crippen LogP contribution is 2.29. The minimum atomic E-state index is -3.73. The van der Waals surface area contributed by atoms with Crippen molar-refractivity contribution in [3.63, 3.8) is 0 Å². The zero-order valence-corrected chi connectivity index (χ0v) is 23.3. The number of hydrogen-bond donors (Lipinski definition) is 1. The number of aromatic carboxylic acids is 1. The molecule has 5 rings (SSSR count). The molecule has 0 spiro atoms. The van der Waals surface area contributed by atoms with E-state index in [1.807, 2.05) is 54.6 Å². The molecule has 0 amide bonds. The lowest BCUT2D eigenvalue weighted by molar-refractivity contribution is 0.0694. The zero-order chi connectivity index (χ0) is 27.7. The molecule has 5 aromatic rings. The van der Waals surface area contributed by atoms with Gasteiger partial charge in [0, 0.05) is 22.8 Å². The molecule has 11 heteroatoms. The Hall–Kier alpha value is -3.50. The maximum absolute atomic E-state index is 13.0. The van der Waals surface area contributed by atoms with Crippen LogP contribution in [0.25, 0.3) is 21.5 Å². The van der Waals surface area contributed by atoms with Gasteiger partial charge in [0.2, 0.25) is 5.43 Å². The van der Waals surface area contributed by atoms with Crippen molar-refractivity contribution in [2.75, 3.05) is 0 Å². The summed E-state index contributed by atoms with van der Waals surface area (Å²) in [5, 5.41) is 10.5. The van der Waals surface area contributed by atoms with Crippen molar-refractivity contribution in [2.45, 2.75) is 18.1 Å². The number of pyridine rings is 1. The lowest BCUT2D eigenvalue weighted by Gasteiger charge is -2.13. The predicted octanol–water partition coefficient (Wildman–Crippen LogP) is 6.29. The first-order valence-corrected chi connectivity index (χ1v) is 15.0. The largest absolute Gasteiger partial charge is 0.477 e. The van der Waals surface area contributed by atoms with Gasteiger partial charge in [0.25, 0.3) is 0 Å². The molecule has 0 bridgehead atoms. The van der Waals surface area contributed by atoms with Crippen molar-refractivity contribution < 1.29 is 18.3 Å². The molecule has 3 aromatic carbocycles. The normalized spacial score (nSPS) is 11.6. The standard InChI is InChI=1S/C28H20Cl2N2O5S2/c29-20-11-10-19(23(30)12-20)15-39(36,37)16-24-31-25-26(33)22(28(34)35)14-32(27(25)38-24)13-18-8-4-5-9-21(18)17-6-2-1-3-7-17/h1-12,14H,13,15-16H2,(H,34,35). The van der Waals surface area contributed by atoms with Crippen LogP contribution in [0.5, 0.6) is 0 Å². The molecule has 198 valence electrons. The summed E-state index contributed by atoms with van der Waals surface area (Å²) in [7, 11) is -3.73. The lowest BCUT2D eigenvalue weighted by Crippen LogP contribution is -2.19. The topological polar surface area (TPSA) is 106 Å². The van der Waals surface area contributed by atoms with Crippen LogP contribution in [0, 0.1) is 0 Å². The van der Waals surface area contributed by atoms with E-state index in [0.717, 1.165) is 28.0 Å². The van der Waals surface area contributed by atoms with Gasteiger partial charge in [-0.2, -0.15) is 0 Å². The van der Waals surface area contributed by atoms with E-state index in [4.69, 9.17) is 23.2 Å². The van der Waals surface area contributed by atoms with E-state index in [9.17, 15) is 23.1 Å². The van der Waals surface area contributed by atoms with Gasteiger partial charge in [-0.05, 0) is 34.4 Å². The van der Waals surface area contributed by atoms with Gasteiger partial charge in [0.05, 0.1) is 5.75 Å². The first-order valence-electron chi connectivity index (χ1n) is 11.6. The number of hydrogen-bond acceptors (Lipinski definition) is 6. The Kier molecular flexibility index (Phi) is 7.59. The van der Waals surface area contributed by atoms with Crippen LogP contribution >= 0.6 is 34.5 Å². The van der Waals surface area contributed by atoms with Gasteiger partial charge in [0.1, 0.15) is 26.7 Å². The molecule has 0 unspecified atom stereocenters. The van der Waals surface area contributed by atoms with Crippen LogP contribution in [0.15, 0.2) is 83.8 Å². The van der Waals surface area contributed by atoms with E-state index in [1.165, 1.54) is 12.3 Å². The van der Waals surface area contributed by atoms with Gasteiger partial charge >= 0.3 is 5.97 Å². The number of fused-ring (bicyclic) bond motifs is 1. The molecule has 7 nitrogen and oxygen atoms in total. The van der Waals surface area contributed by atoms with E-state index in [2.05, 4.69) is 4.98 Å². The van der Waals surface area contributed by atoms with Gasteiger partial charge in [-0.3, -0.25) is 4.79 Å². The summed E-state index contributed by atoms with van der Waals surface area (Å²) in [6.07, 6.45) is 1.29. The third-order valence-corrected chi connectivity index (χ3v) is 9.39. The highest BCUT2D eigenvalue weighted by atomic mass is 35.5. The van der Waals surface area contributed by atoms with Crippen molar-refractivity contribution in [1.82, 2.24) is 9.55 Å². The van der Waals surface area contributed by atoms with E-state index in [0.29, 0.717) is 15.4 Å². The van der Waals surface area contributed by atoms with Crippen LogP contribution in [-0.2, 0) is 27.9 Å². The second-order valence-corrected chi connectivity index (χ2v) is 12.8. The smallest absolute Gasteiger partial charge is 0.341 e.